The van der Waals surface area contributed by atoms with Gasteiger partial charge in [0.15, 0.2) is 17.3 Å². The normalized spacial score (nSPS) is 10.5. The molecule has 32 heavy (non-hydrogen) atoms. The molecule has 1 heterocycles. The number of hydrogen-bond donors (Lipinski definition) is 0. The van der Waals surface area contributed by atoms with Gasteiger partial charge in [0.25, 0.3) is 0 Å². The number of benzene rings is 2. The molecule has 168 valence electrons. The van der Waals surface area contributed by atoms with Gasteiger partial charge in [-0.15, -0.1) is 11.3 Å². The fraction of sp³-hybridized carbons (Fsp3) is 0.280. The third-order valence-corrected chi connectivity index (χ3v) is 5.80. The van der Waals surface area contributed by atoms with Gasteiger partial charge in [0.1, 0.15) is 5.75 Å². The first-order valence-corrected chi connectivity index (χ1v) is 11.2. The predicted octanol–water partition coefficient (Wildman–Crippen LogP) is 5.36. The predicted molar refractivity (Wildman–Crippen MR) is 126 cm³/mol. The lowest BCUT2D eigenvalue weighted by molar-refractivity contribution is -0.119. The van der Waals surface area contributed by atoms with Crippen molar-refractivity contribution in [1.82, 2.24) is 0 Å². The number of amides is 1. The number of ether oxygens (including phenoxy) is 3. The van der Waals surface area contributed by atoms with Gasteiger partial charge >= 0.3 is 0 Å². The quantitative estimate of drug-likeness (QED) is 0.289. The van der Waals surface area contributed by atoms with E-state index in [1.165, 1.54) is 14.0 Å². The average Bonchev–Trinajstić information content (AvgIpc) is 3.33. The number of hydrogen-bond acceptors (Lipinski definition) is 6. The maximum absolute atomic E-state index is 13.1. The summed E-state index contributed by atoms with van der Waals surface area (Å²) in [5, 5.41) is 2.00. The summed E-state index contributed by atoms with van der Waals surface area (Å²) in [5.41, 5.74) is 1.39. The van der Waals surface area contributed by atoms with Crippen LogP contribution in [0.5, 0.6) is 17.2 Å². The van der Waals surface area contributed by atoms with Gasteiger partial charge in [-0.05, 0) is 67.3 Å². The molecule has 0 atom stereocenters. The average molecular weight is 454 g/mol. The monoisotopic (exact) mass is 453 g/mol. The summed E-state index contributed by atoms with van der Waals surface area (Å²) >= 11 is 1.62. The van der Waals surface area contributed by atoms with Gasteiger partial charge in [-0.2, -0.15) is 0 Å². The van der Waals surface area contributed by atoms with Gasteiger partial charge in [0.2, 0.25) is 5.91 Å². The van der Waals surface area contributed by atoms with Crippen LogP contribution in [0.4, 0.5) is 5.69 Å². The van der Waals surface area contributed by atoms with E-state index in [4.69, 9.17) is 14.2 Å². The second-order valence-electron chi connectivity index (χ2n) is 7.13. The van der Waals surface area contributed by atoms with Crippen LogP contribution in [0, 0.1) is 0 Å². The molecule has 0 aliphatic heterocycles. The number of methoxy groups -OCH3 is 2. The van der Waals surface area contributed by atoms with Crippen molar-refractivity contribution in [3.63, 3.8) is 0 Å². The molecule has 0 bridgehead atoms. The number of carbonyl (C=O) groups excluding carboxylic acids is 2. The second kappa shape index (κ2) is 11.3. The SMILES string of the molecule is COc1ccc(N(Cc2cccs2)C(=O)CCCOc2ccc(C(C)=O)cc2OC)cc1. The van der Waals surface area contributed by atoms with E-state index in [-0.39, 0.29) is 11.7 Å². The van der Waals surface area contributed by atoms with Crippen molar-refractivity contribution in [3.8, 4) is 17.2 Å². The van der Waals surface area contributed by atoms with E-state index in [2.05, 4.69) is 0 Å². The molecule has 0 saturated heterocycles. The van der Waals surface area contributed by atoms with Crippen LogP contribution in [0.15, 0.2) is 60.0 Å². The smallest absolute Gasteiger partial charge is 0.227 e. The Kier molecular flexibility index (Phi) is 8.27. The van der Waals surface area contributed by atoms with Crippen molar-refractivity contribution in [2.45, 2.75) is 26.3 Å². The molecule has 3 rings (SSSR count). The lowest BCUT2D eigenvalue weighted by Crippen LogP contribution is -2.30. The van der Waals surface area contributed by atoms with Crippen molar-refractivity contribution >= 4 is 28.7 Å². The fourth-order valence-corrected chi connectivity index (χ4v) is 3.88. The molecule has 0 radical (unpaired) electrons. The van der Waals surface area contributed by atoms with E-state index in [1.54, 1.807) is 41.5 Å². The second-order valence-corrected chi connectivity index (χ2v) is 8.16. The molecule has 0 fully saturated rings. The van der Waals surface area contributed by atoms with Crippen LogP contribution < -0.4 is 19.1 Å². The number of ketones is 1. The van der Waals surface area contributed by atoms with Gasteiger partial charge in [0.05, 0.1) is 27.4 Å². The third kappa shape index (κ3) is 6.11. The van der Waals surface area contributed by atoms with Gasteiger partial charge < -0.3 is 19.1 Å². The minimum atomic E-state index is -0.0372. The first-order valence-electron chi connectivity index (χ1n) is 10.3. The molecule has 0 saturated carbocycles. The third-order valence-electron chi connectivity index (χ3n) is 4.94. The molecule has 0 aliphatic carbocycles. The molecule has 7 heteroatoms. The molecule has 2 aromatic carbocycles. The maximum atomic E-state index is 13.1. The van der Waals surface area contributed by atoms with E-state index in [1.807, 2.05) is 41.8 Å². The summed E-state index contributed by atoms with van der Waals surface area (Å²) in [7, 11) is 3.15. The molecular weight excluding hydrogens is 426 g/mol. The molecule has 3 aromatic rings. The molecule has 0 unspecified atom stereocenters. The van der Waals surface area contributed by atoms with E-state index in [9.17, 15) is 9.59 Å². The van der Waals surface area contributed by atoms with Crippen molar-refractivity contribution in [3.05, 3.63) is 70.4 Å². The zero-order chi connectivity index (χ0) is 22.9. The number of Topliss-reactive ketones (excluding diaryl/α,β-unsaturated/α-hetero) is 1. The first-order chi connectivity index (χ1) is 15.5. The summed E-state index contributed by atoms with van der Waals surface area (Å²) in [5.74, 6) is 1.78. The van der Waals surface area contributed by atoms with E-state index in [0.29, 0.717) is 43.1 Å². The first kappa shape index (κ1) is 23.3. The number of carbonyl (C=O) groups is 2. The maximum Gasteiger partial charge on any atom is 0.227 e. The Morgan fingerprint density at radius 2 is 1.75 bits per heavy atom. The molecule has 1 amide bonds. The highest BCUT2D eigenvalue weighted by atomic mass is 32.1. The summed E-state index contributed by atoms with van der Waals surface area (Å²) in [4.78, 5) is 27.5. The van der Waals surface area contributed by atoms with Crippen LogP contribution in [0.25, 0.3) is 0 Å². The molecular formula is C25H27NO5S. The van der Waals surface area contributed by atoms with Gasteiger partial charge in [-0.3, -0.25) is 9.59 Å². The molecule has 1 aromatic heterocycles. The topological polar surface area (TPSA) is 65.1 Å². The zero-order valence-electron chi connectivity index (χ0n) is 18.5. The lowest BCUT2D eigenvalue weighted by Gasteiger charge is -2.23. The Labute approximate surface area is 192 Å². The highest BCUT2D eigenvalue weighted by Gasteiger charge is 2.17. The lowest BCUT2D eigenvalue weighted by atomic mass is 10.1. The highest BCUT2D eigenvalue weighted by molar-refractivity contribution is 7.09. The summed E-state index contributed by atoms with van der Waals surface area (Å²) in [6.45, 7) is 2.38. The Bertz CT molecular complexity index is 1030. The number of nitrogens with zero attached hydrogens (tertiary/aromatic N) is 1. The highest BCUT2D eigenvalue weighted by Crippen LogP contribution is 2.29. The Balaban J connectivity index is 1.61. The van der Waals surface area contributed by atoms with Crippen LogP contribution in [-0.4, -0.2) is 32.5 Å². The summed E-state index contributed by atoms with van der Waals surface area (Å²) in [6.07, 6.45) is 0.888. The molecule has 0 aliphatic rings. The minimum absolute atomic E-state index is 0.0195. The van der Waals surface area contributed by atoms with E-state index >= 15 is 0 Å². The fourth-order valence-electron chi connectivity index (χ4n) is 3.19. The number of thiophene rings is 1. The zero-order valence-corrected chi connectivity index (χ0v) is 19.3. The Morgan fingerprint density at radius 3 is 2.38 bits per heavy atom. The van der Waals surface area contributed by atoms with Gasteiger partial charge in [0, 0.05) is 22.5 Å². The van der Waals surface area contributed by atoms with Crippen molar-refractivity contribution in [1.29, 1.82) is 0 Å². The molecule has 0 N–H and O–H groups in total. The van der Waals surface area contributed by atoms with Crippen LogP contribution >= 0.6 is 11.3 Å². The van der Waals surface area contributed by atoms with Crippen LogP contribution in [0.1, 0.15) is 35.0 Å². The summed E-state index contributed by atoms with van der Waals surface area (Å²) < 4.78 is 16.4. The Morgan fingerprint density at radius 1 is 0.969 bits per heavy atom. The molecule has 6 nitrogen and oxygen atoms in total. The Hall–Kier alpha value is -3.32. The van der Waals surface area contributed by atoms with Crippen LogP contribution in [0.2, 0.25) is 0 Å². The van der Waals surface area contributed by atoms with Crippen LogP contribution in [-0.2, 0) is 11.3 Å². The largest absolute Gasteiger partial charge is 0.497 e. The van der Waals surface area contributed by atoms with Crippen molar-refractivity contribution < 1.29 is 23.8 Å². The van der Waals surface area contributed by atoms with Crippen molar-refractivity contribution in [2.75, 3.05) is 25.7 Å². The van der Waals surface area contributed by atoms with Gasteiger partial charge in [-0.1, -0.05) is 6.07 Å². The standard InChI is InChI=1S/C25H27NO5S/c1-18(27)19-8-13-23(24(16-19)30-3)31-14-4-7-25(28)26(17-22-6-5-15-32-22)20-9-11-21(29-2)12-10-20/h5-6,8-13,15-16H,4,7,14,17H2,1-3H3. The van der Waals surface area contributed by atoms with Crippen LogP contribution in [0.3, 0.4) is 0 Å². The van der Waals surface area contributed by atoms with E-state index < -0.39 is 0 Å². The molecule has 0 spiro atoms. The van der Waals surface area contributed by atoms with Crippen molar-refractivity contribution in [2.24, 2.45) is 0 Å². The minimum Gasteiger partial charge on any atom is -0.497 e. The van der Waals surface area contributed by atoms with Gasteiger partial charge in [-0.25, -0.2) is 0 Å². The summed E-state index contributed by atoms with van der Waals surface area (Å²) in [6, 6.07) is 16.6. The van der Waals surface area contributed by atoms with E-state index in [0.717, 1.165) is 16.3 Å². The number of anilines is 1. The number of rotatable bonds is 11.